The molecule has 0 N–H and O–H groups in total. The Kier molecular flexibility index (Phi) is 4.83. The van der Waals surface area contributed by atoms with Crippen molar-refractivity contribution in [3.63, 3.8) is 0 Å². The van der Waals surface area contributed by atoms with Crippen molar-refractivity contribution in [3.05, 3.63) is 96.1 Å². The molecule has 0 spiro atoms. The average molecular weight is 434 g/mol. The van der Waals surface area contributed by atoms with E-state index in [0.717, 1.165) is 51.8 Å². The first-order chi connectivity index (χ1) is 16.2. The molecule has 162 valence electrons. The lowest BCUT2D eigenvalue weighted by Crippen LogP contribution is -2.36. The smallest absolute Gasteiger partial charge is 0.223 e. The normalized spacial score (nSPS) is 13.4. The second kappa shape index (κ2) is 8.13. The van der Waals surface area contributed by atoms with Crippen LogP contribution in [0.1, 0.15) is 23.2 Å². The molecule has 3 aromatic heterocycles. The zero-order valence-electron chi connectivity index (χ0n) is 18.2. The zero-order chi connectivity index (χ0) is 22.2. The highest BCUT2D eigenvalue weighted by Gasteiger charge is 2.23. The molecule has 1 amide bonds. The summed E-state index contributed by atoms with van der Waals surface area (Å²) in [5, 5.41) is 5.65. The monoisotopic (exact) mass is 433 g/mol. The van der Waals surface area contributed by atoms with Gasteiger partial charge in [0.15, 0.2) is 5.65 Å². The van der Waals surface area contributed by atoms with Gasteiger partial charge in [-0.15, -0.1) is 0 Å². The van der Waals surface area contributed by atoms with Crippen LogP contribution >= 0.6 is 0 Å². The van der Waals surface area contributed by atoms with Crippen LogP contribution in [-0.4, -0.2) is 36.9 Å². The molecule has 0 aliphatic carbocycles. The predicted octanol–water partition coefficient (Wildman–Crippen LogP) is 4.46. The summed E-state index contributed by atoms with van der Waals surface area (Å²) in [6.45, 7) is 1.28. The Morgan fingerprint density at radius 2 is 1.85 bits per heavy atom. The van der Waals surface area contributed by atoms with E-state index in [1.54, 1.807) is 0 Å². The van der Waals surface area contributed by atoms with Gasteiger partial charge in [0.05, 0.1) is 17.4 Å². The number of aryl methyl sites for hydroxylation is 1. The van der Waals surface area contributed by atoms with Crippen LogP contribution < -0.4 is 0 Å². The van der Waals surface area contributed by atoms with Crippen LogP contribution in [0.3, 0.4) is 0 Å². The summed E-state index contributed by atoms with van der Waals surface area (Å²) in [7, 11) is 0. The molecule has 0 radical (unpaired) electrons. The summed E-state index contributed by atoms with van der Waals surface area (Å²) < 4.78 is 1.82. The maximum Gasteiger partial charge on any atom is 0.223 e. The van der Waals surface area contributed by atoms with Crippen molar-refractivity contribution in [3.8, 4) is 11.1 Å². The van der Waals surface area contributed by atoms with Crippen molar-refractivity contribution in [2.24, 2.45) is 0 Å². The van der Waals surface area contributed by atoms with Crippen LogP contribution in [0.2, 0.25) is 0 Å². The van der Waals surface area contributed by atoms with Crippen LogP contribution in [-0.2, 0) is 24.2 Å². The SMILES string of the molecule is O=C(CCc1ccccc1)N1CCc2nc3c(-c4cnc5ccccc5c4)cnn3cc2C1. The van der Waals surface area contributed by atoms with E-state index in [1.807, 2.05) is 64.4 Å². The number of rotatable bonds is 4. The number of hydrogen-bond donors (Lipinski definition) is 0. The van der Waals surface area contributed by atoms with Crippen molar-refractivity contribution >= 4 is 22.5 Å². The minimum absolute atomic E-state index is 0.188. The molecule has 1 aliphatic rings. The number of pyridine rings is 1. The fourth-order valence-corrected chi connectivity index (χ4v) is 4.55. The minimum atomic E-state index is 0.188. The lowest BCUT2D eigenvalue weighted by Gasteiger charge is -2.28. The van der Waals surface area contributed by atoms with Crippen molar-refractivity contribution in [1.82, 2.24) is 24.5 Å². The minimum Gasteiger partial charge on any atom is -0.338 e. The molecule has 6 rings (SSSR count). The van der Waals surface area contributed by atoms with E-state index < -0.39 is 0 Å². The molecule has 0 saturated carbocycles. The maximum atomic E-state index is 12.8. The zero-order valence-corrected chi connectivity index (χ0v) is 18.2. The van der Waals surface area contributed by atoms with E-state index in [9.17, 15) is 4.79 Å². The van der Waals surface area contributed by atoms with E-state index in [4.69, 9.17) is 4.98 Å². The Labute approximate surface area is 191 Å². The summed E-state index contributed by atoms with van der Waals surface area (Å²) in [5.41, 5.74) is 7.08. The average Bonchev–Trinajstić information content (AvgIpc) is 3.28. The van der Waals surface area contributed by atoms with Gasteiger partial charge in [-0.1, -0.05) is 48.5 Å². The number of fused-ring (bicyclic) bond motifs is 3. The second-order valence-corrected chi connectivity index (χ2v) is 8.51. The van der Waals surface area contributed by atoms with Gasteiger partial charge in [0.25, 0.3) is 0 Å². The Morgan fingerprint density at radius 3 is 2.76 bits per heavy atom. The summed E-state index contributed by atoms with van der Waals surface area (Å²) in [4.78, 5) is 24.3. The third kappa shape index (κ3) is 3.74. The summed E-state index contributed by atoms with van der Waals surface area (Å²) in [6.07, 6.45) is 7.80. The lowest BCUT2D eigenvalue weighted by molar-refractivity contribution is -0.132. The molecule has 6 nitrogen and oxygen atoms in total. The van der Waals surface area contributed by atoms with Crippen molar-refractivity contribution < 1.29 is 4.79 Å². The fraction of sp³-hybridized carbons (Fsp3) is 0.185. The van der Waals surface area contributed by atoms with Gasteiger partial charge in [-0.05, 0) is 24.1 Å². The molecule has 33 heavy (non-hydrogen) atoms. The number of carbonyl (C=O) groups excluding carboxylic acids is 1. The van der Waals surface area contributed by atoms with Crippen molar-refractivity contribution in [2.45, 2.75) is 25.8 Å². The van der Waals surface area contributed by atoms with Crippen LogP contribution in [0.5, 0.6) is 0 Å². The van der Waals surface area contributed by atoms with Crippen LogP contribution in [0.25, 0.3) is 27.7 Å². The van der Waals surface area contributed by atoms with E-state index in [-0.39, 0.29) is 5.91 Å². The number of hydrogen-bond acceptors (Lipinski definition) is 4. The molecular formula is C27H23N5O. The van der Waals surface area contributed by atoms with Crippen molar-refractivity contribution in [1.29, 1.82) is 0 Å². The lowest BCUT2D eigenvalue weighted by atomic mass is 10.0. The van der Waals surface area contributed by atoms with E-state index in [0.29, 0.717) is 19.5 Å². The highest BCUT2D eigenvalue weighted by Crippen LogP contribution is 2.28. The van der Waals surface area contributed by atoms with E-state index in [1.165, 1.54) is 5.56 Å². The fourth-order valence-electron chi connectivity index (χ4n) is 4.55. The standard InChI is InChI=1S/C27H23N5O/c33-26(11-10-19-6-2-1-3-7-19)31-13-12-25-22(17-31)18-32-27(30-25)23(16-29-32)21-14-20-8-4-5-9-24(20)28-15-21/h1-9,14-16,18H,10-13,17H2. The van der Waals surface area contributed by atoms with Gasteiger partial charge in [-0.3, -0.25) is 9.78 Å². The van der Waals surface area contributed by atoms with E-state index in [2.05, 4.69) is 34.3 Å². The third-order valence-corrected chi connectivity index (χ3v) is 6.36. The molecular weight excluding hydrogens is 410 g/mol. The highest BCUT2D eigenvalue weighted by atomic mass is 16.2. The summed E-state index contributed by atoms with van der Waals surface area (Å²) in [5.74, 6) is 0.188. The quantitative estimate of drug-likeness (QED) is 0.420. The number of amides is 1. The van der Waals surface area contributed by atoms with Crippen LogP contribution in [0.4, 0.5) is 0 Å². The first kappa shape index (κ1) is 19.6. The van der Waals surface area contributed by atoms with Gasteiger partial charge < -0.3 is 4.90 Å². The Morgan fingerprint density at radius 1 is 1.00 bits per heavy atom. The number of benzene rings is 2. The first-order valence-electron chi connectivity index (χ1n) is 11.3. The van der Waals surface area contributed by atoms with Gasteiger partial charge in [0.1, 0.15) is 0 Å². The van der Waals surface area contributed by atoms with Gasteiger partial charge in [0.2, 0.25) is 5.91 Å². The molecule has 0 saturated heterocycles. The Hall–Kier alpha value is -4.06. The van der Waals surface area contributed by atoms with E-state index >= 15 is 0 Å². The Balaban J connectivity index is 1.24. The molecule has 0 fully saturated rings. The van der Waals surface area contributed by atoms with Crippen LogP contribution in [0.15, 0.2) is 79.3 Å². The molecule has 4 heterocycles. The summed E-state index contributed by atoms with van der Waals surface area (Å²) >= 11 is 0. The number of para-hydroxylation sites is 1. The Bertz CT molecular complexity index is 1470. The first-order valence-corrected chi connectivity index (χ1v) is 11.3. The highest BCUT2D eigenvalue weighted by molar-refractivity contribution is 5.86. The van der Waals surface area contributed by atoms with Crippen LogP contribution in [0, 0.1) is 0 Å². The number of aromatic nitrogens is 4. The summed E-state index contributed by atoms with van der Waals surface area (Å²) in [6, 6.07) is 20.4. The molecule has 0 unspecified atom stereocenters. The molecule has 6 heteroatoms. The van der Waals surface area contributed by atoms with Gasteiger partial charge in [0, 0.05) is 60.4 Å². The molecule has 0 atom stereocenters. The maximum absolute atomic E-state index is 12.8. The number of carbonyl (C=O) groups is 1. The third-order valence-electron chi connectivity index (χ3n) is 6.36. The largest absolute Gasteiger partial charge is 0.338 e. The molecule has 1 aliphatic heterocycles. The second-order valence-electron chi connectivity index (χ2n) is 8.51. The van der Waals surface area contributed by atoms with Gasteiger partial charge >= 0.3 is 0 Å². The van der Waals surface area contributed by atoms with Gasteiger partial charge in [-0.2, -0.15) is 5.10 Å². The van der Waals surface area contributed by atoms with Gasteiger partial charge in [-0.25, -0.2) is 9.50 Å². The molecule has 0 bridgehead atoms. The topological polar surface area (TPSA) is 63.4 Å². The molecule has 2 aromatic carbocycles. The predicted molar refractivity (Wildman–Crippen MR) is 128 cm³/mol. The number of nitrogens with zero attached hydrogens (tertiary/aromatic N) is 5. The molecule has 5 aromatic rings. The van der Waals surface area contributed by atoms with Crippen molar-refractivity contribution in [2.75, 3.05) is 6.54 Å².